The van der Waals surface area contributed by atoms with E-state index in [4.69, 9.17) is 9.47 Å². The second-order valence-electron chi connectivity index (χ2n) is 7.53. The van der Waals surface area contributed by atoms with Crippen LogP contribution in [0.4, 0.5) is 4.39 Å². The summed E-state index contributed by atoms with van der Waals surface area (Å²) in [6.07, 6.45) is 0. The number of hydrogen-bond donors (Lipinski definition) is 1. The minimum absolute atomic E-state index is 0.0234. The number of halogens is 1. The maximum absolute atomic E-state index is 13.8. The number of ketones is 1. The predicted molar refractivity (Wildman–Crippen MR) is 120 cm³/mol. The number of aliphatic hydroxyl groups excluding tert-OH is 1. The summed E-state index contributed by atoms with van der Waals surface area (Å²) in [5.74, 6) is -1.33. The lowest BCUT2D eigenvalue weighted by molar-refractivity contribution is -0.140. The van der Waals surface area contributed by atoms with E-state index < -0.39 is 23.5 Å². The van der Waals surface area contributed by atoms with Crippen molar-refractivity contribution < 1.29 is 28.6 Å². The summed E-state index contributed by atoms with van der Waals surface area (Å²) < 4.78 is 24.4. The first-order valence-corrected chi connectivity index (χ1v) is 10.2. The number of benzene rings is 3. The number of methoxy groups -OCH3 is 2. The van der Waals surface area contributed by atoms with Crippen molar-refractivity contribution in [1.29, 1.82) is 0 Å². The molecule has 0 spiro atoms. The van der Waals surface area contributed by atoms with Crippen LogP contribution in [0.5, 0.6) is 11.5 Å². The Morgan fingerprint density at radius 2 is 1.70 bits per heavy atom. The molecule has 168 valence electrons. The fourth-order valence-corrected chi connectivity index (χ4v) is 4.00. The van der Waals surface area contributed by atoms with E-state index in [1.54, 1.807) is 54.6 Å². The fraction of sp³-hybridized carbons (Fsp3) is 0.154. The molecule has 1 saturated heterocycles. The van der Waals surface area contributed by atoms with Gasteiger partial charge >= 0.3 is 0 Å². The number of amides is 1. The minimum Gasteiger partial charge on any atom is -0.507 e. The van der Waals surface area contributed by atoms with E-state index in [2.05, 4.69) is 0 Å². The highest BCUT2D eigenvalue weighted by atomic mass is 19.1. The number of hydrogen-bond acceptors (Lipinski definition) is 5. The quantitative estimate of drug-likeness (QED) is 0.343. The van der Waals surface area contributed by atoms with Crippen LogP contribution >= 0.6 is 0 Å². The third-order valence-electron chi connectivity index (χ3n) is 5.58. The normalized spacial score (nSPS) is 17.3. The Bertz CT molecular complexity index is 1240. The van der Waals surface area contributed by atoms with Crippen LogP contribution in [0.3, 0.4) is 0 Å². The predicted octanol–water partition coefficient (Wildman–Crippen LogP) is 4.46. The van der Waals surface area contributed by atoms with E-state index in [0.717, 1.165) is 0 Å². The zero-order valence-electron chi connectivity index (χ0n) is 18.1. The van der Waals surface area contributed by atoms with Gasteiger partial charge in [0.2, 0.25) is 0 Å². The average Bonchev–Trinajstić information content (AvgIpc) is 3.08. The van der Waals surface area contributed by atoms with Crippen LogP contribution in [0.1, 0.15) is 22.7 Å². The number of carbonyl (C=O) groups excluding carboxylic acids is 2. The molecule has 1 amide bonds. The van der Waals surface area contributed by atoms with E-state index in [0.29, 0.717) is 28.2 Å². The minimum atomic E-state index is -0.925. The molecule has 0 aliphatic carbocycles. The van der Waals surface area contributed by atoms with Gasteiger partial charge in [0.05, 0.1) is 25.8 Å². The van der Waals surface area contributed by atoms with Crippen LogP contribution in [0.25, 0.3) is 5.76 Å². The molecule has 7 heteroatoms. The molecule has 4 rings (SSSR count). The summed E-state index contributed by atoms with van der Waals surface area (Å²) in [5.41, 5.74) is 1.34. The molecule has 1 aliphatic heterocycles. The molecular formula is C26H22FNO5. The molecule has 0 aromatic heterocycles. The molecule has 6 nitrogen and oxygen atoms in total. The van der Waals surface area contributed by atoms with Crippen LogP contribution in [0.15, 0.2) is 78.4 Å². The van der Waals surface area contributed by atoms with Crippen molar-refractivity contribution in [2.75, 3.05) is 14.2 Å². The Labute approximate surface area is 190 Å². The van der Waals surface area contributed by atoms with Crippen LogP contribution in [-0.2, 0) is 16.1 Å². The lowest BCUT2D eigenvalue weighted by atomic mass is 9.94. The molecule has 3 aromatic rings. The molecule has 33 heavy (non-hydrogen) atoms. The Morgan fingerprint density at radius 1 is 0.970 bits per heavy atom. The van der Waals surface area contributed by atoms with Gasteiger partial charge in [0.1, 0.15) is 23.1 Å². The molecule has 1 N–H and O–H groups in total. The lowest BCUT2D eigenvalue weighted by Gasteiger charge is -2.26. The number of ether oxygens (including phenoxy) is 2. The van der Waals surface area contributed by atoms with Crippen molar-refractivity contribution in [2.45, 2.75) is 12.6 Å². The topological polar surface area (TPSA) is 76.1 Å². The van der Waals surface area contributed by atoms with Gasteiger partial charge in [0, 0.05) is 17.7 Å². The van der Waals surface area contributed by atoms with E-state index in [1.807, 2.05) is 0 Å². The Morgan fingerprint density at radius 3 is 2.36 bits per heavy atom. The smallest absolute Gasteiger partial charge is 0.295 e. The summed E-state index contributed by atoms with van der Waals surface area (Å²) in [4.78, 5) is 27.6. The first-order valence-electron chi connectivity index (χ1n) is 10.2. The van der Waals surface area contributed by atoms with Gasteiger partial charge in [-0.2, -0.15) is 0 Å². The summed E-state index contributed by atoms with van der Waals surface area (Å²) in [7, 11) is 3.01. The number of aliphatic hydroxyl groups is 1. The molecule has 0 saturated carbocycles. The first kappa shape index (κ1) is 22.1. The van der Waals surface area contributed by atoms with Gasteiger partial charge in [-0.25, -0.2) is 4.39 Å². The number of nitrogens with zero attached hydrogens (tertiary/aromatic N) is 1. The van der Waals surface area contributed by atoms with Gasteiger partial charge in [-0.15, -0.1) is 0 Å². The number of likely N-dealkylation sites (tertiary alicyclic amines) is 1. The number of para-hydroxylation sites is 1. The van der Waals surface area contributed by atoms with Gasteiger partial charge in [0.15, 0.2) is 0 Å². The highest BCUT2D eigenvalue weighted by Gasteiger charge is 2.47. The largest absolute Gasteiger partial charge is 0.507 e. The Kier molecular flexibility index (Phi) is 6.13. The van der Waals surface area contributed by atoms with E-state index in [1.165, 1.54) is 37.3 Å². The van der Waals surface area contributed by atoms with Gasteiger partial charge in [-0.3, -0.25) is 9.59 Å². The Balaban J connectivity index is 1.88. The molecule has 1 aliphatic rings. The van der Waals surface area contributed by atoms with Gasteiger partial charge in [-0.1, -0.05) is 30.3 Å². The summed E-state index contributed by atoms with van der Waals surface area (Å²) in [6.45, 7) is -0.0234. The van der Waals surface area contributed by atoms with Crippen molar-refractivity contribution in [3.63, 3.8) is 0 Å². The van der Waals surface area contributed by atoms with Crippen molar-refractivity contribution in [1.82, 2.24) is 4.90 Å². The van der Waals surface area contributed by atoms with Crippen LogP contribution in [0, 0.1) is 5.82 Å². The highest BCUT2D eigenvalue weighted by Crippen LogP contribution is 2.43. The Hall–Kier alpha value is -4.13. The van der Waals surface area contributed by atoms with Crippen molar-refractivity contribution in [3.8, 4) is 11.5 Å². The second-order valence-corrected chi connectivity index (χ2v) is 7.53. The van der Waals surface area contributed by atoms with Gasteiger partial charge in [-0.05, 0) is 48.0 Å². The zero-order chi connectivity index (χ0) is 23.5. The highest BCUT2D eigenvalue weighted by molar-refractivity contribution is 6.46. The molecular weight excluding hydrogens is 425 g/mol. The second kappa shape index (κ2) is 9.16. The van der Waals surface area contributed by atoms with E-state index >= 15 is 0 Å². The van der Waals surface area contributed by atoms with Crippen molar-refractivity contribution in [3.05, 3.63) is 101 Å². The molecule has 3 aromatic carbocycles. The lowest BCUT2D eigenvalue weighted by Crippen LogP contribution is -2.29. The van der Waals surface area contributed by atoms with Gasteiger partial charge in [0.25, 0.3) is 11.7 Å². The third-order valence-corrected chi connectivity index (χ3v) is 5.58. The molecule has 1 heterocycles. The summed E-state index contributed by atoms with van der Waals surface area (Å²) in [5, 5.41) is 11.1. The summed E-state index contributed by atoms with van der Waals surface area (Å²) in [6, 6.07) is 18.4. The number of rotatable bonds is 6. The van der Waals surface area contributed by atoms with E-state index in [-0.39, 0.29) is 17.9 Å². The van der Waals surface area contributed by atoms with Crippen molar-refractivity contribution in [2.24, 2.45) is 0 Å². The molecule has 0 radical (unpaired) electrons. The summed E-state index contributed by atoms with van der Waals surface area (Å²) >= 11 is 0. The first-order chi connectivity index (χ1) is 15.9. The molecule has 1 unspecified atom stereocenters. The SMILES string of the molecule is COc1ccc(/C(O)=C2/C(=O)C(=O)N(Cc3cccc(F)c3)C2c2ccccc2OC)cc1. The average molecular weight is 447 g/mol. The van der Waals surface area contributed by atoms with Crippen LogP contribution in [-0.4, -0.2) is 35.9 Å². The molecule has 1 atom stereocenters. The van der Waals surface area contributed by atoms with Crippen LogP contribution in [0.2, 0.25) is 0 Å². The van der Waals surface area contributed by atoms with Crippen LogP contribution < -0.4 is 9.47 Å². The standard InChI is InChI=1S/C26H22FNO5/c1-32-19-12-10-17(11-13-19)24(29)22-23(20-8-3-4-9-21(20)33-2)28(26(31)25(22)30)15-16-6-5-7-18(27)14-16/h3-14,23,29H,15H2,1-2H3/b24-22-. The number of carbonyl (C=O) groups is 2. The fourth-order valence-electron chi connectivity index (χ4n) is 4.00. The monoisotopic (exact) mass is 447 g/mol. The van der Waals surface area contributed by atoms with Gasteiger partial charge < -0.3 is 19.5 Å². The zero-order valence-corrected chi connectivity index (χ0v) is 18.1. The van der Waals surface area contributed by atoms with Crippen molar-refractivity contribution >= 4 is 17.4 Å². The maximum Gasteiger partial charge on any atom is 0.295 e. The maximum atomic E-state index is 13.8. The molecule has 0 bridgehead atoms. The third kappa shape index (κ3) is 4.17. The molecule has 1 fully saturated rings. The van der Waals surface area contributed by atoms with E-state index in [9.17, 15) is 19.1 Å². The number of Topliss-reactive ketones (excluding diaryl/α,β-unsaturated/α-hetero) is 1.